The third kappa shape index (κ3) is 4.17. The first-order valence-corrected chi connectivity index (χ1v) is 8.73. The Bertz CT molecular complexity index is 1060. The van der Waals surface area contributed by atoms with E-state index >= 15 is 0 Å². The zero-order chi connectivity index (χ0) is 20.3. The van der Waals surface area contributed by atoms with Crippen molar-refractivity contribution in [2.45, 2.75) is 20.3 Å². The summed E-state index contributed by atoms with van der Waals surface area (Å²) in [5.41, 5.74) is 3.74. The van der Waals surface area contributed by atoms with Crippen molar-refractivity contribution >= 4 is 17.6 Å². The molecule has 0 fully saturated rings. The van der Waals surface area contributed by atoms with Crippen molar-refractivity contribution in [3.8, 4) is 11.5 Å². The van der Waals surface area contributed by atoms with Crippen LogP contribution >= 0.6 is 0 Å². The minimum Gasteiger partial charge on any atom is -0.506 e. The third-order valence-corrected chi connectivity index (χ3v) is 4.56. The van der Waals surface area contributed by atoms with Crippen LogP contribution in [0.5, 0.6) is 11.5 Å². The maximum atomic E-state index is 11.4. The van der Waals surface area contributed by atoms with E-state index in [9.17, 15) is 20.3 Å². The monoisotopic (exact) mass is 376 g/mol. The molecule has 142 valence electrons. The number of benzene rings is 3. The van der Waals surface area contributed by atoms with Crippen LogP contribution in [-0.2, 0) is 6.42 Å². The van der Waals surface area contributed by atoms with E-state index in [0.29, 0.717) is 17.7 Å². The van der Waals surface area contributed by atoms with Gasteiger partial charge in [-0.2, -0.15) is 0 Å². The number of nitro benzene ring substituents is 1. The number of aliphatic imine (C=N–C) groups is 1. The van der Waals surface area contributed by atoms with E-state index < -0.39 is 10.7 Å². The Labute approximate surface area is 162 Å². The summed E-state index contributed by atoms with van der Waals surface area (Å²) in [7, 11) is 0. The zero-order valence-electron chi connectivity index (χ0n) is 15.6. The first-order valence-electron chi connectivity index (χ1n) is 8.73. The summed E-state index contributed by atoms with van der Waals surface area (Å²) in [5, 5.41) is 31.7. The normalized spacial score (nSPS) is 11.1. The lowest BCUT2D eigenvalue weighted by atomic mass is 10.0. The van der Waals surface area contributed by atoms with Gasteiger partial charge in [0.05, 0.1) is 4.92 Å². The molecular formula is C22H20N2O4. The Morgan fingerprint density at radius 2 is 1.68 bits per heavy atom. The van der Waals surface area contributed by atoms with Crippen LogP contribution in [0.1, 0.15) is 27.8 Å². The summed E-state index contributed by atoms with van der Waals surface area (Å²) in [4.78, 5) is 15.0. The molecule has 0 radical (unpaired) electrons. The molecule has 0 aliphatic rings. The minimum atomic E-state index is -0.616. The number of nitrogens with zero attached hydrogens (tertiary/aromatic N) is 2. The van der Waals surface area contributed by atoms with Crippen LogP contribution in [0.2, 0.25) is 0 Å². The van der Waals surface area contributed by atoms with Crippen LogP contribution in [0.4, 0.5) is 11.4 Å². The predicted molar refractivity (Wildman–Crippen MR) is 109 cm³/mol. The van der Waals surface area contributed by atoms with Gasteiger partial charge in [-0.15, -0.1) is 0 Å². The van der Waals surface area contributed by atoms with E-state index in [1.54, 1.807) is 18.2 Å². The fraction of sp³-hybridized carbons (Fsp3) is 0.136. The molecule has 3 aromatic rings. The molecule has 0 atom stereocenters. The third-order valence-electron chi connectivity index (χ3n) is 4.56. The Balaban J connectivity index is 2.02. The minimum absolute atomic E-state index is 0.00813. The number of hydrogen-bond acceptors (Lipinski definition) is 5. The molecule has 0 aliphatic carbocycles. The predicted octanol–water partition coefficient (Wildman–Crippen LogP) is 4.96. The number of phenols is 2. The number of phenolic OH excluding ortho intramolecular Hbond substituents is 2. The lowest BCUT2D eigenvalue weighted by Crippen LogP contribution is -1.97. The Kier molecular flexibility index (Phi) is 5.40. The van der Waals surface area contributed by atoms with E-state index in [0.717, 1.165) is 16.7 Å². The Morgan fingerprint density at radius 3 is 2.36 bits per heavy atom. The molecule has 0 heterocycles. The van der Waals surface area contributed by atoms with Gasteiger partial charge in [-0.05, 0) is 60.7 Å². The van der Waals surface area contributed by atoms with E-state index in [1.165, 1.54) is 12.3 Å². The summed E-state index contributed by atoms with van der Waals surface area (Å²) in [6.45, 7) is 3.78. The highest BCUT2D eigenvalue weighted by atomic mass is 16.6. The van der Waals surface area contributed by atoms with Crippen molar-refractivity contribution in [2.75, 3.05) is 0 Å². The highest BCUT2D eigenvalue weighted by Gasteiger charge is 2.18. The molecule has 3 rings (SSSR count). The smallest absolute Gasteiger partial charge is 0.311 e. The first kappa shape index (κ1) is 19.1. The Hall–Kier alpha value is -3.67. The standard InChI is InChI=1S/C22H20N2O4/c1-14-8-19(21(25)9-15(14)2)23-13-18-11-17(10-16-6-4-3-5-7-16)12-20(22(18)26)24(27)28/h3-9,11-13,25-26H,10H2,1-2H3. The first-order chi connectivity index (χ1) is 13.3. The van der Waals surface area contributed by atoms with Gasteiger partial charge in [-0.3, -0.25) is 15.1 Å². The molecule has 0 bridgehead atoms. The van der Waals surface area contributed by atoms with Gasteiger partial charge < -0.3 is 10.2 Å². The molecule has 6 heteroatoms. The summed E-state index contributed by atoms with van der Waals surface area (Å²) in [5.74, 6) is -0.442. The zero-order valence-corrected chi connectivity index (χ0v) is 15.6. The lowest BCUT2D eigenvalue weighted by Gasteiger charge is -2.07. The van der Waals surface area contributed by atoms with Gasteiger partial charge in [0.1, 0.15) is 11.4 Å². The van der Waals surface area contributed by atoms with Crippen LogP contribution in [0.3, 0.4) is 0 Å². The maximum Gasteiger partial charge on any atom is 0.311 e. The largest absolute Gasteiger partial charge is 0.506 e. The Morgan fingerprint density at radius 1 is 1.00 bits per heavy atom. The fourth-order valence-corrected chi connectivity index (χ4v) is 2.90. The molecule has 0 spiro atoms. The molecule has 0 aromatic heterocycles. The highest BCUT2D eigenvalue weighted by molar-refractivity contribution is 5.88. The van der Waals surface area contributed by atoms with Crippen LogP contribution in [0.25, 0.3) is 0 Å². The molecule has 6 nitrogen and oxygen atoms in total. The molecular weight excluding hydrogens is 356 g/mol. The summed E-state index contributed by atoms with van der Waals surface area (Å²) in [6.07, 6.45) is 1.82. The van der Waals surface area contributed by atoms with Crippen molar-refractivity contribution in [1.82, 2.24) is 0 Å². The van der Waals surface area contributed by atoms with Gasteiger partial charge in [0.15, 0.2) is 0 Å². The molecule has 3 aromatic carbocycles. The van der Waals surface area contributed by atoms with E-state index in [4.69, 9.17) is 0 Å². The molecule has 0 amide bonds. The average molecular weight is 376 g/mol. The van der Waals surface area contributed by atoms with Crippen molar-refractivity contribution < 1.29 is 15.1 Å². The number of hydrogen-bond donors (Lipinski definition) is 2. The summed E-state index contributed by atoms with van der Waals surface area (Å²) < 4.78 is 0. The molecule has 28 heavy (non-hydrogen) atoms. The second kappa shape index (κ2) is 7.92. The number of rotatable bonds is 5. The topological polar surface area (TPSA) is 96.0 Å². The van der Waals surface area contributed by atoms with Gasteiger partial charge in [0, 0.05) is 17.8 Å². The lowest BCUT2D eigenvalue weighted by molar-refractivity contribution is -0.385. The highest BCUT2D eigenvalue weighted by Crippen LogP contribution is 2.33. The van der Waals surface area contributed by atoms with E-state index in [-0.39, 0.29) is 17.0 Å². The van der Waals surface area contributed by atoms with Gasteiger partial charge in [-0.25, -0.2) is 0 Å². The van der Waals surface area contributed by atoms with Crippen molar-refractivity contribution in [1.29, 1.82) is 0 Å². The molecule has 0 aliphatic heterocycles. The van der Waals surface area contributed by atoms with Gasteiger partial charge >= 0.3 is 5.69 Å². The number of aryl methyl sites for hydroxylation is 2. The SMILES string of the molecule is Cc1cc(O)c(N=Cc2cc(Cc3ccccc3)cc([N+](=O)[O-])c2O)cc1C. The van der Waals surface area contributed by atoms with Gasteiger partial charge in [0.25, 0.3) is 0 Å². The van der Waals surface area contributed by atoms with Crippen molar-refractivity contribution in [2.24, 2.45) is 4.99 Å². The summed E-state index contributed by atoms with van der Waals surface area (Å²) >= 11 is 0. The molecule has 2 N–H and O–H groups in total. The second-order valence-electron chi connectivity index (χ2n) is 6.66. The van der Waals surface area contributed by atoms with E-state index in [2.05, 4.69) is 4.99 Å². The molecule has 0 unspecified atom stereocenters. The average Bonchev–Trinajstić information content (AvgIpc) is 2.66. The number of aromatic hydroxyl groups is 2. The van der Waals surface area contributed by atoms with Crippen LogP contribution in [0.15, 0.2) is 59.6 Å². The molecule has 0 saturated carbocycles. The summed E-state index contributed by atoms with van der Waals surface area (Å²) in [6, 6.07) is 15.9. The van der Waals surface area contributed by atoms with Gasteiger partial charge in [0.2, 0.25) is 5.75 Å². The van der Waals surface area contributed by atoms with Crippen molar-refractivity contribution in [3.05, 3.63) is 92.5 Å². The second-order valence-corrected chi connectivity index (χ2v) is 6.66. The van der Waals surface area contributed by atoms with E-state index in [1.807, 2.05) is 44.2 Å². The molecule has 0 saturated heterocycles. The quantitative estimate of drug-likeness (QED) is 0.373. The fourth-order valence-electron chi connectivity index (χ4n) is 2.90. The van der Waals surface area contributed by atoms with Crippen LogP contribution in [-0.4, -0.2) is 21.4 Å². The van der Waals surface area contributed by atoms with Crippen molar-refractivity contribution in [3.63, 3.8) is 0 Å². The van der Waals surface area contributed by atoms with Gasteiger partial charge in [-0.1, -0.05) is 30.3 Å². The van der Waals surface area contributed by atoms with Crippen LogP contribution in [0, 0.1) is 24.0 Å². The maximum absolute atomic E-state index is 11.4. The number of nitro groups is 1. The van der Waals surface area contributed by atoms with Crippen LogP contribution < -0.4 is 0 Å².